The van der Waals surface area contributed by atoms with Crippen LogP contribution in [0, 0.1) is 9.39 Å². The van der Waals surface area contributed by atoms with Gasteiger partial charge in [0, 0.05) is 3.57 Å². The SMILES string of the molecule is CCCNC(c1ccc(F)cc1I)c1cc(Br)sc1Br. The van der Waals surface area contributed by atoms with E-state index in [1.807, 2.05) is 6.07 Å². The van der Waals surface area contributed by atoms with E-state index in [-0.39, 0.29) is 11.9 Å². The Bertz CT molecular complexity index is 603. The lowest BCUT2D eigenvalue weighted by atomic mass is 10.0. The summed E-state index contributed by atoms with van der Waals surface area (Å²) in [5, 5.41) is 3.55. The molecule has 1 atom stereocenters. The number of hydrogen-bond acceptors (Lipinski definition) is 2. The highest BCUT2D eigenvalue weighted by Gasteiger charge is 2.20. The first-order chi connectivity index (χ1) is 9.52. The number of halogens is 4. The molecule has 0 spiro atoms. The van der Waals surface area contributed by atoms with E-state index < -0.39 is 0 Å². The molecule has 0 radical (unpaired) electrons. The molecule has 0 saturated heterocycles. The van der Waals surface area contributed by atoms with Crippen LogP contribution in [0.5, 0.6) is 0 Å². The standard InChI is InChI=1S/C14H13Br2FINS/c1-2-5-19-13(10-7-12(15)20-14(10)16)9-4-3-8(17)6-11(9)18/h3-4,6-7,13,19H,2,5H2,1H3. The molecule has 0 aliphatic rings. The smallest absolute Gasteiger partial charge is 0.124 e. The van der Waals surface area contributed by atoms with Crippen molar-refractivity contribution in [2.75, 3.05) is 6.54 Å². The van der Waals surface area contributed by atoms with Crippen molar-refractivity contribution in [3.8, 4) is 0 Å². The summed E-state index contributed by atoms with van der Waals surface area (Å²) >= 11 is 11.0. The Kier molecular flexibility index (Phi) is 6.47. The molecule has 1 N–H and O–H groups in total. The molecule has 0 amide bonds. The van der Waals surface area contributed by atoms with Gasteiger partial charge in [-0.3, -0.25) is 0 Å². The van der Waals surface area contributed by atoms with Crippen molar-refractivity contribution in [3.05, 3.63) is 52.4 Å². The van der Waals surface area contributed by atoms with E-state index in [1.165, 1.54) is 11.6 Å². The summed E-state index contributed by atoms with van der Waals surface area (Å²) in [6.45, 7) is 3.05. The molecular weight excluding hydrogens is 520 g/mol. The van der Waals surface area contributed by atoms with Gasteiger partial charge in [0.15, 0.2) is 0 Å². The Morgan fingerprint density at radius 2 is 2.05 bits per heavy atom. The van der Waals surface area contributed by atoms with Gasteiger partial charge in [-0.15, -0.1) is 11.3 Å². The monoisotopic (exact) mass is 531 g/mol. The molecule has 1 heterocycles. The summed E-state index contributed by atoms with van der Waals surface area (Å²) in [5.74, 6) is -0.196. The van der Waals surface area contributed by atoms with Crippen molar-refractivity contribution in [1.29, 1.82) is 0 Å². The third kappa shape index (κ3) is 4.03. The molecule has 1 unspecified atom stereocenters. The molecule has 1 aromatic heterocycles. The Morgan fingerprint density at radius 3 is 2.60 bits per heavy atom. The second-order valence-electron chi connectivity index (χ2n) is 4.33. The summed E-state index contributed by atoms with van der Waals surface area (Å²) < 4.78 is 16.4. The Balaban J connectivity index is 2.44. The molecule has 2 rings (SSSR count). The fraction of sp³-hybridized carbons (Fsp3) is 0.286. The lowest BCUT2D eigenvalue weighted by Crippen LogP contribution is -2.24. The van der Waals surface area contributed by atoms with Crippen LogP contribution in [0.15, 0.2) is 31.8 Å². The van der Waals surface area contributed by atoms with Gasteiger partial charge in [-0.2, -0.15) is 0 Å². The van der Waals surface area contributed by atoms with Gasteiger partial charge in [-0.1, -0.05) is 13.0 Å². The first kappa shape index (κ1) is 16.9. The maximum atomic E-state index is 13.3. The highest BCUT2D eigenvalue weighted by molar-refractivity contribution is 14.1. The number of hydrogen-bond donors (Lipinski definition) is 1. The molecule has 0 bridgehead atoms. The minimum atomic E-state index is -0.196. The van der Waals surface area contributed by atoms with Gasteiger partial charge in [-0.05, 0) is 96.7 Å². The van der Waals surface area contributed by atoms with Crippen LogP contribution in [0.2, 0.25) is 0 Å². The molecule has 0 aliphatic carbocycles. The largest absolute Gasteiger partial charge is 0.306 e. The first-order valence-electron chi connectivity index (χ1n) is 6.16. The van der Waals surface area contributed by atoms with E-state index in [0.29, 0.717) is 0 Å². The van der Waals surface area contributed by atoms with Gasteiger partial charge >= 0.3 is 0 Å². The molecule has 6 heteroatoms. The molecule has 0 saturated carbocycles. The third-order valence-electron chi connectivity index (χ3n) is 2.87. The first-order valence-corrected chi connectivity index (χ1v) is 9.64. The number of nitrogens with one attached hydrogen (secondary N) is 1. The zero-order chi connectivity index (χ0) is 14.7. The van der Waals surface area contributed by atoms with Crippen molar-refractivity contribution in [2.24, 2.45) is 0 Å². The minimum absolute atomic E-state index is 0.0689. The summed E-state index contributed by atoms with van der Waals surface area (Å²) in [6.07, 6.45) is 1.05. The third-order valence-corrected chi connectivity index (χ3v) is 6.19. The van der Waals surface area contributed by atoms with E-state index >= 15 is 0 Å². The lowest BCUT2D eigenvalue weighted by molar-refractivity contribution is 0.590. The van der Waals surface area contributed by atoms with Gasteiger partial charge in [0.25, 0.3) is 0 Å². The predicted molar refractivity (Wildman–Crippen MR) is 99.0 cm³/mol. The van der Waals surface area contributed by atoms with E-state index in [4.69, 9.17) is 0 Å². The minimum Gasteiger partial charge on any atom is -0.306 e. The Labute approximate surface area is 152 Å². The van der Waals surface area contributed by atoms with E-state index in [0.717, 1.165) is 29.7 Å². The number of thiophene rings is 1. The normalized spacial score (nSPS) is 12.7. The molecule has 1 aromatic carbocycles. The summed E-state index contributed by atoms with van der Waals surface area (Å²) in [7, 11) is 0. The maximum Gasteiger partial charge on any atom is 0.124 e. The molecule has 0 aliphatic heterocycles. The molecule has 2 aromatic rings. The average molecular weight is 533 g/mol. The van der Waals surface area contributed by atoms with Crippen molar-refractivity contribution in [1.82, 2.24) is 5.32 Å². The molecule has 1 nitrogen and oxygen atoms in total. The molecule has 108 valence electrons. The van der Waals surface area contributed by atoms with E-state index in [9.17, 15) is 4.39 Å². The number of rotatable bonds is 5. The van der Waals surface area contributed by atoms with Crippen LogP contribution < -0.4 is 5.32 Å². The second-order valence-corrected chi connectivity index (χ2v) is 9.24. The van der Waals surface area contributed by atoms with Crippen LogP contribution in [-0.2, 0) is 0 Å². The second kappa shape index (κ2) is 7.67. The van der Waals surface area contributed by atoms with Crippen LogP contribution in [0.4, 0.5) is 4.39 Å². The molecule has 20 heavy (non-hydrogen) atoms. The fourth-order valence-corrected chi connectivity index (χ4v) is 5.65. The highest BCUT2D eigenvalue weighted by Crippen LogP contribution is 2.39. The number of benzene rings is 1. The van der Waals surface area contributed by atoms with Gasteiger partial charge in [-0.25, -0.2) is 4.39 Å². The highest BCUT2D eigenvalue weighted by atomic mass is 127. The Hall–Kier alpha value is 0.500. The quantitative estimate of drug-likeness (QED) is 0.458. The zero-order valence-electron chi connectivity index (χ0n) is 10.7. The van der Waals surface area contributed by atoms with Gasteiger partial charge < -0.3 is 5.32 Å². The van der Waals surface area contributed by atoms with Crippen LogP contribution in [-0.4, -0.2) is 6.54 Å². The zero-order valence-corrected chi connectivity index (χ0v) is 16.9. The summed E-state index contributed by atoms with van der Waals surface area (Å²) in [6, 6.07) is 7.14. The van der Waals surface area contributed by atoms with Gasteiger partial charge in [0.2, 0.25) is 0 Å². The van der Waals surface area contributed by atoms with E-state index in [1.54, 1.807) is 17.4 Å². The van der Waals surface area contributed by atoms with Crippen molar-refractivity contribution in [3.63, 3.8) is 0 Å². The van der Waals surface area contributed by atoms with Crippen LogP contribution in [0.3, 0.4) is 0 Å². The van der Waals surface area contributed by atoms with Gasteiger partial charge in [0.1, 0.15) is 5.82 Å². The van der Waals surface area contributed by atoms with Crippen molar-refractivity contribution < 1.29 is 4.39 Å². The summed E-state index contributed by atoms with van der Waals surface area (Å²) in [5.41, 5.74) is 2.28. The average Bonchev–Trinajstić information content (AvgIpc) is 2.71. The van der Waals surface area contributed by atoms with Crippen LogP contribution >= 0.6 is 65.8 Å². The lowest BCUT2D eigenvalue weighted by Gasteiger charge is -2.20. The fourth-order valence-electron chi connectivity index (χ4n) is 1.96. The summed E-state index contributed by atoms with van der Waals surface area (Å²) in [4.78, 5) is 0. The molecule has 0 fully saturated rings. The maximum absolute atomic E-state index is 13.3. The molecular formula is C14H13Br2FINS. The van der Waals surface area contributed by atoms with E-state index in [2.05, 4.69) is 72.8 Å². The van der Waals surface area contributed by atoms with Gasteiger partial charge in [0.05, 0.1) is 13.6 Å². The van der Waals surface area contributed by atoms with Crippen LogP contribution in [0.25, 0.3) is 0 Å². The van der Waals surface area contributed by atoms with Crippen LogP contribution in [0.1, 0.15) is 30.5 Å². The Morgan fingerprint density at radius 1 is 1.30 bits per heavy atom. The van der Waals surface area contributed by atoms with Crippen molar-refractivity contribution in [2.45, 2.75) is 19.4 Å². The van der Waals surface area contributed by atoms with Crippen molar-refractivity contribution >= 4 is 65.8 Å². The predicted octanol–water partition coefficient (Wildman–Crippen LogP) is 6.11. The topological polar surface area (TPSA) is 12.0 Å².